The van der Waals surface area contributed by atoms with E-state index in [2.05, 4.69) is 5.32 Å². The zero-order valence-corrected chi connectivity index (χ0v) is 17.9. The van der Waals surface area contributed by atoms with E-state index < -0.39 is 11.9 Å². The molecule has 0 bridgehead atoms. The second kappa shape index (κ2) is 12.0. The first-order valence-corrected chi connectivity index (χ1v) is 10.0. The van der Waals surface area contributed by atoms with E-state index in [0.29, 0.717) is 41.5 Å². The molecule has 31 heavy (non-hydrogen) atoms. The van der Waals surface area contributed by atoms with Crippen LogP contribution in [0.15, 0.2) is 48.0 Å². The maximum Gasteiger partial charge on any atom is 0.338 e. The van der Waals surface area contributed by atoms with Crippen molar-refractivity contribution in [3.8, 4) is 17.6 Å². The van der Waals surface area contributed by atoms with Gasteiger partial charge >= 0.3 is 5.97 Å². The van der Waals surface area contributed by atoms with Crippen LogP contribution in [-0.2, 0) is 9.53 Å². The van der Waals surface area contributed by atoms with Gasteiger partial charge in [-0.2, -0.15) is 5.26 Å². The minimum absolute atomic E-state index is 0.0952. The van der Waals surface area contributed by atoms with Crippen molar-refractivity contribution < 1.29 is 23.8 Å². The monoisotopic (exact) mass is 422 g/mol. The maximum atomic E-state index is 12.6. The minimum atomic E-state index is -0.591. The SMILES string of the molecule is CCCCOC(=O)c1cccc(NC(=O)/C(C#N)=C/c2ccc(OCC)c(OC)c2)c1. The molecule has 1 amide bonds. The third-order valence-corrected chi connectivity index (χ3v) is 4.25. The van der Waals surface area contributed by atoms with E-state index in [9.17, 15) is 14.9 Å². The lowest BCUT2D eigenvalue weighted by Gasteiger charge is -2.10. The van der Waals surface area contributed by atoms with Gasteiger partial charge in [0, 0.05) is 5.69 Å². The van der Waals surface area contributed by atoms with Crippen molar-refractivity contribution in [1.82, 2.24) is 0 Å². The van der Waals surface area contributed by atoms with Gasteiger partial charge in [-0.1, -0.05) is 25.5 Å². The lowest BCUT2D eigenvalue weighted by Crippen LogP contribution is -2.14. The molecule has 0 atom stereocenters. The van der Waals surface area contributed by atoms with Gasteiger partial charge in [0.25, 0.3) is 5.91 Å². The fourth-order valence-electron chi connectivity index (χ4n) is 2.68. The van der Waals surface area contributed by atoms with Crippen LogP contribution in [0.3, 0.4) is 0 Å². The summed E-state index contributed by atoms with van der Waals surface area (Å²) in [6, 6.07) is 13.4. The number of anilines is 1. The van der Waals surface area contributed by atoms with Crippen LogP contribution in [0.5, 0.6) is 11.5 Å². The Morgan fingerprint density at radius 2 is 1.94 bits per heavy atom. The summed E-state index contributed by atoms with van der Waals surface area (Å²) in [6.45, 7) is 4.71. The fraction of sp³-hybridized carbons (Fsp3) is 0.292. The quantitative estimate of drug-likeness (QED) is 0.260. The third kappa shape index (κ3) is 6.89. The van der Waals surface area contributed by atoms with Gasteiger partial charge in [-0.05, 0) is 55.3 Å². The van der Waals surface area contributed by atoms with E-state index in [4.69, 9.17) is 14.2 Å². The van der Waals surface area contributed by atoms with Gasteiger partial charge in [0.1, 0.15) is 11.6 Å². The Labute approximate surface area is 182 Å². The van der Waals surface area contributed by atoms with E-state index in [1.807, 2.05) is 19.9 Å². The van der Waals surface area contributed by atoms with Crippen LogP contribution in [0, 0.1) is 11.3 Å². The normalized spacial score (nSPS) is 10.7. The Morgan fingerprint density at radius 1 is 1.13 bits per heavy atom. The number of esters is 1. The van der Waals surface area contributed by atoms with Gasteiger partial charge in [0.05, 0.1) is 25.9 Å². The molecule has 2 rings (SSSR count). The molecule has 0 radical (unpaired) electrons. The van der Waals surface area contributed by atoms with Crippen molar-refractivity contribution in [3.63, 3.8) is 0 Å². The standard InChI is InChI=1S/C24H26N2O5/c1-4-6-12-31-24(28)18-8-7-9-20(15-18)26-23(27)19(16-25)13-17-10-11-21(30-5-2)22(14-17)29-3/h7-11,13-15H,4-6,12H2,1-3H3,(H,26,27)/b19-13+. The molecular weight excluding hydrogens is 396 g/mol. The fourth-order valence-corrected chi connectivity index (χ4v) is 2.68. The number of nitrogens with zero attached hydrogens (tertiary/aromatic N) is 1. The van der Waals surface area contributed by atoms with Gasteiger partial charge in [-0.25, -0.2) is 4.79 Å². The van der Waals surface area contributed by atoms with Gasteiger partial charge in [0.2, 0.25) is 0 Å². The summed E-state index contributed by atoms with van der Waals surface area (Å²) in [7, 11) is 1.52. The number of hydrogen-bond acceptors (Lipinski definition) is 6. The molecule has 0 fully saturated rings. The van der Waals surface area contributed by atoms with Crippen molar-refractivity contribution >= 4 is 23.6 Å². The molecule has 0 aliphatic carbocycles. The van der Waals surface area contributed by atoms with Crippen LogP contribution in [0.1, 0.15) is 42.6 Å². The van der Waals surface area contributed by atoms with Crippen LogP contribution < -0.4 is 14.8 Å². The van der Waals surface area contributed by atoms with Crippen molar-refractivity contribution in [2.45, 2.75) is 26.7 Å². The summed E-state index contributed by atoms with van der Waals surface area (Å²) in [6.07, 6.45) is 3.16. The Balaban J connectivity index is 2.16. The predicted octanol–water partition coefficient (Wildman–Crippen LogP) is 4.60. The highest BCUT2D eigenvalue weighted by Crippen LogP contribution is 2.29. The lowest BCUT2D eigenvalue weighted by atomic mass is 10.1. The number of carbonyl (C=O) groups excluding carboxylic acids is 2. The highest BCUT2D eigenvalue weighted by molar-refractivity contribution is 6.10. The summed E-state index contributed by atoms with van der Waals surface area (Å²) < 4.78 is 16.0. The highest BCUT2D eigenvalue weighted by atomic mass is 16.5. The predicted molar refractivity (Wildman–Crippen MR) is 118 cm³/mol. The second-order valence-corrected chi connectivity index (χ2v) is 6.54. The van der Waals surface area contributed by atoms with Gasteiger partial charge in [-0.3, -0.25) is 4.79 Å². The number of nitriles is 1. The Morgan fingerprint density at radius 3 is 2.61 bits per heavy atom. The molecule has 0 saturated carbocycles. The maximum absolute atomic E-state index is 12.6. The van der Waals surface area contributed by atoms with Gasteiger partial charge in [0.15, 0.2) is 11.5 Å². The summed E-state index contributed by atoms with van der Waals surface area (Å²) in [5.74, 6) is 0.0317. The Hall–Kier alpha value is -3.79. The molecule has 2 aromatic rings. The minimum Gasteiger partial charge on any atom is -0.493 e. The van der Waals surface area contributed by atoms with E-state index >= 15 is 0 Å². The van der Waals surface area contributed by atoms with Gasteiger partial charge < -0.3 is 19.5 Å². The largest absolute Gasteiger partial charge is 0.493 e. The summed E-state index contributed by atoms with van der Waals surface area (Å²) in [4.78, 5) is 24.7. The van der Waals surface area contributed by atoms with E-state index in [-0.39, 0.29) is 5.57 Å². The molecule has 0 heterocycles. The molecule has 0 unspecified atom stereocenters. The number of carbonyl (C=O) groups is 2. The van der Waals surface area contributed by atoms with Crippen molar-refractivity contribution in [3.05, 3.63) is 59.2 Å². The lowest BCUT2D eigenvalue weighted by molar-refractivity contribution is -0.112. The first kappa shape index (κ1) is 23.5. The number of ether oxygens (including phenoxy) is 3. The number of benzene rings is 2. The molecule has 2 aromatic carbocycles. The van der Waals surface area contributed by atoms with Crippen molar-refractivity contribution in [2.75, 3.05) is 25.6 Å². The Kier molecular flexibility index (Phi) is 9.12. The molecular formula is C24H26N2O5. The summed E-state index contributed by atoms with van der Waals surface area (Å²) in [5, 5.41) is 12.1. The van der Waals surface area contributed by atoms with Crippen LogP contribution >= 0.6 is 0 Å². The molecule has 0 saturated heterocycles. The van der Waals surface area contributed by atoms with Gasteiger partial charge in [-0.15, -0.1) is 0 Å². The zero-order chi connectivity index (χ0) is 22.6. The molecule has 0 aromatic heterocycles. The topological polar surface area (TPSA) is 97.7 Å². The van der Waals surface area contributed by atoms with E-state index in [1.54, 1.807) is 36.4 Å². The Bertz CT molecular complexity index is 992. The van der Waals surface area contributed by atoms with E-state index in [1.165, 1.54) is 19.3 Å². The van der Waals surface area contributed by atoms with Crippen LogP contribution in [-0.4, -0.2) is 32.2 Å². The molecule has 1 N–H and O–H groups in total. The molecule has 0 aliphatic heterocycles. The molecule has 162 valence electrons. The number of nitrogens with one attached hydrogen (secondary N) is 1. The average Bonchev–Trinajstić information content (AvgIpc) is 2.78. The summed E-state index contributed by atoms with van der Waals surface area (Å²) >= 11 is 0. The second-order valence-electron chi connectivity index (χ2n) is 6.54. The van der Waals surface area contributed by atoms with Crippen LogP contribution in [0.2, 0.25) is 0 Å². The number of hydrogen-bond donors (Lipinski definition) is 1. The number of unbranched alkanes of at least 4 members (excludes halogenated alkanes) is 1. The first-order chi connectivity index (χ1) is 15.0. The molecule has 0 spiro atoms. The summed E-state index contributed by atoms with van der Waals surface area (Å²) in [5.41, 5.74) is 1.23. The van der Waals surface area contributed by atoms with Crippen molar-refractivity contribution in [1.29, 1.82) is 5.26 Å². The first-order valence-electron chi connectivity index (χ1n) is 10.0. The number of amides is 1. The number of rotatable bonds is 10. The molecule has 0 aliphatic rings. The molecule has 7 nitrogen and oxygen atoms in total. The van der Waals surface area contributed by atoms with Crippen LogP contribution in [0.4, 0.5) is 5.69 Å². The molecule has 7 heteroatoms. The average molecular weight is 422 g/mol. The smallest absolute Gasteiger partial charge is 0.338 e. The van der Waals surface area contributed by atoms with Crippen LogP contribution in [0.25, 0.3) is 6.08 Å². The van der Waals surface area contributed by atoms with E-state index in [0.717, 1.165) is 12.8 Å². The highest BCUT2D eigenvalue weighted by Gasteiger charge is 2.13. The number of methoxy groups -OCH3 is 1. The zero-order valence-electron chi connectivity index (χ0n) is 17.9. The van der Waals surface area contributed by atoms with Crippen molar-refractivity contribution in [2.24, 2.45) is 0 Å². The third-order valence-electron chi connectivity index (χ3n) is 4.25.